The number of likely N-dealkylation sites (N-methyl/N-ethyl adjacent to an activating group) is 1. The molecule has 1 atom stereocenters. The maximum absolute atomic E-state index is 12.4. The Morgan fingerprint density at radius 3 is 2.52 bits per heavy atom. The monoisotopic (exact) mass is 339 g/mol. The summed E-state index contributed by atoms with van der Waals surface area (Å²) in [4.78, 5) is 13.7. The molecule has 4 nitrogen and oxygen atoms in total. The number of anilines is 1. The van der Waals surface area contributed by atoms with Gasteiger partial charge in [0.15, 0.2) is 6.54 Å². The third-order valence-electron chi connectivity index (χ3n) is 4.84. The van der Waals surface area contributed by atoms with Crippen LogP contribution in [-0.2, 0) is 4.79 Å². The fourth-order valence-electron chi connectivity index (χ4n) is 3.46. The standard InChI is InChI=1S/C21H26N2O2/c1-23(18-10-4-2-5-11-18)16-21(24)22-17-9-8-14-20(15-17)25-19-12-6-3-7-13-19/h3,6-9,12-15,18H,2,4-5,10-11,16H2,1H3,(H,22,24)/p+1. The fraction of sp³-hybridized carbons (Fsp3) is 0.381. The molecule has 1 unspecified atom stereocenters. The summed E-state index contributed by atoms with van der Waals surface area (Å²) in [6.45, 7) is 0.508. The van der Waals surface area contributed by atoms with Gasteiger partial charge in [-0.15, -0.1) is 0 Å². The van der Waals surface area contributed by atoms with Crippen LogP contribution in [0.15, 0.2) is 54.6 Å². The number of amides is 1. The quantitative estimate of drug-likeness (QED) is 0.848. The van der Waals surface area contributed by atoms with Gasteiger partial charge in [-0.2, -0.15) is 0 Å². The van der Waals surface area contributed by atoms with Crippen molar-refractivity contribution in [3.63, 3.8) is 0 Å². The van der Waals surface area contributed by atoms with E-state index in [4.69, 9.17) is 4.74 Å². The van der Waals surface area contributed by atoms with Crippen LogP contribution < -0.4 is 15.0 Å². The van der Waals surface area contributed by atoms with Gasteiger partial charge >= 0.3 is 0 Å². The summed E-state index contributed by atoms with van der Waals surface area (Å²) in [6.07, 6.45) is 6.40. The van der Waals surface area contributed by atoms with Crippen LogP contribution >= 0.6 is 0 Å². The highest BCUT2D eigenvalue weighted by Crippen LogP contribution is 2.23. The third-order valence-corrected chi connectivity index (χ3v) is 4.84. The molecule has 0 bridgehead atoms. The molecule has 0 radical (unpaired) electrons. The maximum Gasteiger partial charge on any atom is 0.279 e. The van der Waals surface area contributed by atoms with E-state index >= 15 is 0 Å². The number of hydrogen-bond donors (Lipinski definition) is 2. The Labute approximate surface area is 149 Å². The number of quaternary nitrogens is 1. The molecule has 0 spiro atoms. The van der Waals surface area contributed by atoms with Crippen molar-refractivity contribution in [2.24, 2.45) is 0 Å². The SMILES string of the molecule is C[NH+](CC(=O)Nc1cccc(Oc2ccccc2)c1)C1CCCCC1. The molecule has 2 N–H and O–H groups in total. The minimum atomic E-state index is 0.0555. The van der Waals surface area contributed by atoms with Crippen molar-refractivity contribution in [3.05, 3.63) is 54.6 Å². The number of hydrogen-bond acceptors (Lipinski definition) is 2. The van der Waals surface area contributed by atoms with Gasteiger partial charge in [-0.3, -0.25) is 4.79 Å². The molecule has 4 heteroatoms. The largest absolute Gasteiger partial charge is 0.457 e. The number of carbonyl (C=O) groups is 1. The summed E-state index contributed by atoms with van der Waals surface area (Å²) < 4.78 is 5.82. The number of para-hydroxylation sites is 1. The van der Waals surface area contributed by atoms with E-state index in [-0.39, 0.29) is 5.91 Å². The second-order valence-corrected chi connectivity index (χ2v) is 6.85. The zero-order chi connectivity index (χ0) is 17.5. The molecule has 0 saturated heterocycles. The molecule has 0 aromatic heterocycles. The molecule has 0 aliphatic heterocycles. The van der Waals surface area contributed by atoms with Crippen molar-refractivity contribution in [2.45, 2.75) is 38.1 Å². The summed E-state index contributed by atoms with van der Waals surface area (Å²) in [6, 6.07) is 17.8. The third kappa shape index (κ3) is 5.33. The maximum atomic E-state index is 12.4. The Morgan fingerprint density at radius 2 is 1.76 bits per heavy atom. The van der Waals surface area contributed by atoms with E-state index in [1.807, 2.05) is 54.6 Å². The minimum absolute atomic E-state index is 0.0555. The molecule has 25 heavy (non-hydrogen) atoms. The number of benzene rings is 2. The molecule has 1 aliphatic rings. The van der Waals surface area contributed by atoms with Crippen LogP contribution in [0.3, 0.4) is 0 Å². The van der Waals surface area contributed by atoms with Crippen LogP contribution in [0.2, 0.25) is 0 Å². The summed E-state index contributed by atoms with van der Waals surface area (Å²) in [5.41, 5.74) is 0.773. The zero-order valence-corrected chi connectivity index (χ0v) is 14.8. The molecule has 1 amide bonds. The Bertz CT molecular complexity index is 681. The van der Waals surface area contributed by atoms with Crippen molar-refractivity contribution >= 4 is 11.6 Å². The lowest BCUT2D eigenvalue weighted by molar-refractivity contribution is -0.899. The first-order valence-electron chi connectivity index (χ1n) is 9.16. The van der Waals surface area contributed by atoms with E-state index in [1.165, 1.54) is 37.0 Å². The average Bonchev–Trinajstić information content (AvgIpc) is 2.63. The molecule has 1 fully saturated rings. The Balaban J connectivity index is 1.55. The second kappa shape index (κ2) is 8.67. The smallest absolute Gasteiger partial charge is 0.279 e. The second-order valence-electron chi connectivity index (χ2n) is 6.85. The molecule has 1 saturated carbocycles. The van der Waals surface area contributed by atoms with Crippen molar-refractivity contribution in [2.75, 3.05) is 18.9 Å². The van der Waals surface area contributed by atoms with Crippen LogP contribution in [0.25, 0.3) is 0 Å². The number of nitrogens with one attached hydrogen (secondary N) is 2. The van der Waals surface area contributed by atoms with E-state index < -0.39 is 0 Å². The fourth-order valence-corrected chi connectivity index (χ4v) is 3.46. The van der Waals surface area contributed by atoms with Gasteiger partial charge in [-0.25, -0.2) is 0 Å². The topological polar surface area (TPSA) is 42.8 Å². The van der Waals surface area contributed by atoms with Crippen molar-refractivity contribution in [1.29, 1.82) is 0 Å². The average molecular weight is 339 g/mol. The molecular weight excluding hydrogens is 312 g/mol. The normalized spacial score (nSPS) is 16.2. The van der Waals surface area contributed by atoms with Crippen LogP contribution in [0, 0.1) is 0 Å². The van der Waals surface area contributed by atoms with Gasteiger partial charge in [0.1, 0.15) is 11.5 Å². The lowest BCUT2D eigenvalue weighted by Gasteiger charge is -2.27. The number of rotatable bonds is 6. The van der Waals surface area contributed by atoms with Gasteiger partial charge in [0.05, 0.1) is 13.1 Å². The zero-order valence-electron chi connectivity index (χ0n) is 14.8. The van der Waals surface area contributed by atoms with Gasteiger partial charge in [-0.05, 0) is 49.9 Å². The Kier molecular flexibility index (Phi) is 6.07. The van der Waals surface area contributed by atoms with Gasteiger partial charge in [0, 0.05) is 11.8 Å². The molecule has 2 aromatic rings. The molecule has 2 aromatic carbocycles. The minimum Gasteiger partial charge on any atom is -0.457 e. The summed E-state index contributed by atoms with van der Waals surface area (Å²) in [5.74, 6) is 1.56. The summed E-state index contributed by atoms with van der Waals surface area (Å²) >= 11 is 0. The molecule has 132 valence electrons. The predicted molar refractivity (Wildman–Crippen MR) is 100 cm³/mol. The molecule has 0 heterocycles. The Morgan fingerprint density at radius 1 is 1.04 bits per heavy atom. The van der Waals surface area contributed by atoms with Crippen LogP contribution in [0.5, 0.6) is 11.5 Å². The lowest BCUT2D eigenvalue weighted by Crippen LogP contribution is -3.14. The van der Waals surface area contributed by atoms with Gasteiger partial charge < -0.3 is 15.0 Å². The highest BCUT2D eigenvalue weighted by atomic mass is 16.5. The highest BCUT2D eigenvalue weighted by molar-refractivity contribution is 5.91. The van der Waals surface area contributed by atoms with Gasteiger partial charge in [0.2, 0.25) is 0 Å². The first kappa shape index (κ1) is 17.5. The highest BCUT2D eigenvalue weighted by Gasteiger charge is 2.23. The Hall–Kier alpha value is -2.33. The van der Waals surface area contributed by atoms with Crippen LogP contribution in [0.1, 0.15) is 32.1 Å². The predicted octanol–water partition coefficient (Wildman–Crippen LogP) is 3.26. The van der Waals surface area contributed by atoms with Crippen LogP contribution in [0.4, 0.5) is 5.69 Å². The van der Waals surface area contributed by atoms with E-state index in [0.29, 0.717) is 12.6 Å². The molecule has 1 aliphatic carbocycles. The number of ether oxygens (including phenoxy) is 1. The van der Waals surface area contributed by atoms with Crippen molar-refractivity contribution in [1.82, 2.24) is 0 Å². The van der Waals surface area contributed by atoms with Crippen molar-refractivity contribution in [3.8, 4) is 11.5 Å². The van der Waals surface area contributed by atoms with E-state index in [0.717, 1.165) is 17.2 Å². The molecule has 3 rings (SSSR count). The van der Waals surface area contributed by atoms with Gasteiger partial charge in [0.25, 0.3) is 5.91 Å². The lowest BCUT2D eigenvalue weighted by atomic mass is 9.94. The first-order chi connectivity index (χ1) is 12.2. The van der Waals surface area contributed by atoms with E-state index in [9.17, 15) is 4.79 Å². The number of carbonyl (C=O) groups excluding carboxylic acids is 1. The van der Waals surface area contributed by atoms with E-state index in [2.05, 4.69) is 12.4 Å². The van der Waals surface area contributed by atoms with Crippen LogP contribution in [-0.4, -0.2) is 25.5 Å². The first-order valence-corrected chi connectivity index (χ1v) is 9.16. The van der Waals surface area contributed by atoms with Crippen molar-refractivity contribution < 1.29 is 14.4 Å². The van der Waals surface area contributed by atoms with E-state index in [1.54, 1.807) is 0 Å². The molecular formula is C21H27N2O2+. The van der Waals surface area contributed by atoms with Gasteiger partial charge in [-0.1, -0.05) is 30.7 Å². The summed E-state index contributed by atoms with van der Waals surface area (Å²) in [7, 11) is 2.13. The summed E-state index contributed by atoms with van der Waals surface area (Å²) in [5, 5.41) is 3.00.